The van der Waals surface area contributed by atoms with Crippen molar-refractivity contribution in [2.45, 2.75) is 43.5 Å². The van der Waals surface area contributed by atoms with E-state index in [0.717, 1.165) is 11.2 Å². The monoisotopic (exact) mass is 216 g/mol. The molecule has 0 aromatic carbocycles. The summed E-state index contributed by atoms with van der Waals surface area (Å²) in [6.07, 6.45) is 7.38. The van der Waals surface area contributed by atoms with E-state index in [4.69, 9.17) is 9.47 Å². The van der Waals surface area contributed by atoms with Gasteiger partial charge < -0.3 is 9.47 Å². The van der Waals surface area contributed by atoms with Crippen LogP contribution in [-0.4, -0.2) is 31.0 Å². The first-order valence-electron chi connectivity index (χ1n) is 5.64. The van der Waals surface area contributed by atoms with Crippen LogP contribution in [0.1, 0.15) is 32.1 Å². The molecule has 0 aromatic rings. The molecule has 1 aliphatic carbocycles. The summed E-state index contributed by atoms with van der Waals surface area (Å²) in [4.78, 5) is 0. The summed E-state index contributed by atoms with van der Waals surface area (Å²) >= 11 is 2.12. The molecule has 1 saturated heterocycles. The predicted molar refractivity (Wildman–Crippen MR) is 59.6 cm³/mol. The number of rotatable bonds is 4. The average Bonchev–Trinajstić information content (AvgIpc) is 2.84. The van der Waals surface area contributed by atoms with E-state index in [2.05, 4.69) is 11.8 Å². The Hall–Kier alpha value is 0.270. The highest BCUT2D eigenvalue weighted by Gasteiger charge is 2.36. The zero-order chi connectivity index (χ0) is 9.80. The van der Waals surface area contributed by atoms with E-state index in [1.165, 1.54) is 37.9 Å². The second-order valence-electron chi connectivity index (χ2n) is 4.28. The first kappa shape index (κ1) is 10.8. The molecule has 0 bridgehead atoms. The van der Waals surface area contributed by atoms with Gasteiger partial charge in [0.05, 0.1) is 6.10 Å². The van der Waals surface area contributed by atoms with Crippen LogP contribution in [0.5, 0.6) is 0 Å². The molecule has 0 N–H and O–H groups in total. The molecule has 0 aromatic heterocycles. The zero-order valence-corrected chi connectivity index (χ0v) is 9.72. The standard InChI is InChI=1S/C11H20O2S/c1-12-8-13-10-6-7-14-11(10)9-4-2-3-5-9/h9-11H,2-8H2,1H3/t10-,11-/m0/s1. The van der Waals surface area contributed by atoms with Crippen LogP contribution in [0.4, 0.5) is 0 Å². The lowest BCUT2D eigenvalue weighted by atomic mass is 9.98. The zero-order valence-electron chi connectivity index (χ0n) is 8.91. The molecule has 82 valence electrons. The Morgan fingerprint density at radius 3 is 2.71 bits per heavy atom. The molecule has 2 atom stereocenters. The maximum atomic E-state index is 5.73. The molecule has 3 heteroatoms. The van der Waals surface area contributed by atoms with E-state index >= 15 is 0 Å². The van der Waals surface area contributed by atoms with Crippen molar-refractivity contribution < 1.29 is 9.47 Å². The molecule has 0 amide bonds. The smallest absolute Gasteiger partial charge is 0.146 e. The van der Waals surface area contributed by atoms with Crippen molar-refractivity contribution in [3.8, 4) is 0 Å². The summed E-state index contributed by atoms with van der Waals surface area (Å²) in [5, 5.41) is 0.757. The van der Waals surface area contributed by atoms with Gasteiger partial charge in [-0.15, -0.1) is 0 Å². The Bertz CT molecular complexity index is 169. The van der Waals surface area contributed by atoms with E-state index in [1.807, 2.05) is 0 Å². The van der Waals surface area contributed by atoms with Crippen LogP contribution in [0.25, 0.3) is 0 Å². The van der Waals surface area contributed by atoms with Crippen molar-refractivity contribution in [2.75, 3.05) is 19.7 Å². The van der Waals surface area contributed by atoms with Crippen molar-refractivity contribution in [3.05, 3.63) is 0 Å². The molecule has 2 nitrogen and oxygen atoms in total. The Balaban J connectivity index is 1.82. The third-order valence-corrected chi connectivity index (χ3v) is 4.89. The second-order valence-corrected chi connectivity index (χ2v) is 5.57. The van der Waals surface area contributed by atoms with Crippen LogP contribution < -0.4 is 0 Å². The maximum absolute atomic E-state index is 5.73. The topological polar surface area (TPSA) is 18.5 Å². The molecule has 1 aliphatic heterocycles. The summed E-state index contributed by atoms with van der Waals surface area (Å²) < 4.78 is 10.7. The normalized spacial score (nSPS) is 34.1. The van der Waals surface area contributed by atoms with Crippen LogP contribution >= 0.6 is 11.8 Å². The van der Waals surface area contributed by atoms with Gasteiger partial charge >= 0.3 is 0 Å². The Kier molecular flexibility index (Phi) is 4.14. The lowest BCUT2D eigenvalue weighted by molar-refractivity contribution is -0.0738. The van der Waals surface area contributed by atoms with Crippen molar-refractivity contribution >= 4 is 11.8 Å². The fourth-order valence-electron chi connectivity index (χ4n) is 2.65. The number of hydrogen-bond donors (Lipinski definition) is 0. The van der Waals surface area contributed by atoms with Gasteiger partial charge in [0.15, 0.2) is 0 Å². The van der Waals surface area contributed by atoms with Gasteiger partial charge in [0.2, 0.25) is 0 Å². The molecule has 1 saturated carbocycles. The Labute approximate surface area is 90.7 Å². The molecule has 14 heavy (non-hydrogen) atoms. The molecular weight excluding hydrogens is 196 g/mol. The summed E-state index contributed by atoms with van der Waals surface area (Å²) in [5.41, 5.74) is 0. The minimum Gasteiger partial charge on any atom is -0.359 e. The van der Waals surface area contributed by atoms with Crippen molar-refractivity contribution in [1.82, 2.24) is 0 Å². The highest BCUT2D eigenvalue weighted by atomic mass is 32.2. The fraction of sp³-hybridized carbons (Fsp3) is 1.00. The van der Waals surface area contributed by atoms with E-state index < -0.39 is 0 Å². The van der Waals surface area contributed by atoms with Gasteiger partial charge in [0.1, 0.15) is 6.79 Å². The highest BCUT2D eigenvalue weighted by Crippen LogP contribution is 2.41. The number of methoxy groups -OCH3 is 1. The van der Waals surface area contributed by atoms with Gasteiger partial charge in [0, 0.05) is 12.4 Å². The van der Waals surface area contributed by atoms with Crippen molar-refractivity contribution in [1.29, 1.82) is 0 Å². The molecule has 2 rings (SSSR count). The summed E-state index contributed by atoms with van der Waals surface area (Å²) in [6.45, 7) is 0.467. The molecule has 0 spiro atoms. The maximum Gasteiger partial charge on any atom is 0.146 e. The minimum atomic E-state index is 0.461. The van der Waals surface area contributed by atoms with Gasteiger partial charge in [-0.1, -0.05) is 12.8 Å². The first-order chi connectivity index (χ1) is 6.92. The Morgan fingerprint density at radius 1 is 1.21 bits per heavy atom. The summed E-state index contributed by atoms with van der Waals surface area (Å²) in [5.74, 6) is 2.19. The molecular formula is C11H20O2S. The largest absolute Gasteiger partial charge is 0.359 e. The second kappa shape index (κ2) is 5.38. The summed E-state index contributed by atoms with van der Waals surface area (Å²) in [7, 11) is 1.70. The van der Waals surface area contributed by atoms with E-state index in [-0.39, 0.29) is 0 Å². The lowest BCUT2D eigenvalue weighted by Gasteiger charge is -2.24. The van der Waals surface area contributed by atoms with E-state index in [0.29, 0.717) is 12.9 Å². The van der Waals surface area contributed by atoms with Gasteiger partial charge in [-0.3, -0.25) is 0 Å². The van der Waals surface area contributed by atoms with Crippen LogP contribution in [0.15, 0.2) is 0 Å². The molecule has 2 aliphatic rings. The van der Waals surface area contributed by atoms with Crippen LogP contribution in [0, 0.1) is 5.92 Å². The average molecular weight is 216 g/mol. The molecule has 0 unspecified atom stereocenters. The molecule has 1 heterocycles. The molecule has 0 radical (unpaired) electrons. The van der Waals surface area contributed by atoms with Crippen LogP contribution in [-0.2, 0) is 9.47 Å². The van der Waals surface area contributed by atoms with Gasteiger partial charge in [-0.05, 0) is 30.9 Å². The Morgan fingerprint density at radius 2 is 2.00 bits per heavy atom. The van der Waals surface area contributed by atoms with Crippen molar-refractivity contribution in [2.24, 2.45) is 5.92 Å². The minimum absolute atomic E-state index is 0.461. The van der Waals surface area contributed by atoms with Gasteiger partial charge in [0.25, 0.3) is 0 Å². The quantitative estimate of drug-likeness (QED) is 0.673. The molecule has 2 fully saturated rings. The third-order valence-electron chi connectivity index (χ3n) is 3.34. The SMILES string of the molecule is COCO[C@H]1CCS[C@H]1C1CCCC1. The number of thioether (sulfide) groups is 1. The fourth-order valence-corrected chi connectivity index (χ4v) is 4.27. The van der Waals surface area contributed by atoms with Gasteiger partial charge in [-0.25, -0.2) is 0 Å². The van der Waals surface area contributed by atoms with E-state index in [9.17, 15) is 0 Å². The first-order valence-corrected chi connectivity index (χ1v) is 6.69. The number of hydrogen-bond acceptors (Lipinski definition) is 3. The van der Waals surface area contributed by atoms with Crippen molar-refractivity contribution in [3.63, 3.8) is 0 Å². The lowest BCUT2D eigenvalue weighted by Crippen LogP contribution is -2.28. The third kappa shape index (κ3) is 2.44. The number of ether oxygens (including phenoxy) is 2. The van der Waals surface area contributed by atoms with Gasteiger partial charge in [-0.2, -0.15) is 11.8 Å². The highest BCUT2D eigenvalue weighted by molar-refractivity contribution is 8.00. The van der Waals surface area contributed by atoms with E-state index in [1.54, 1.807) is 7.11 Å². The predicted octanol–water partition coefficient (Wildman–Crippen LogP) is 2.67. The van der Waals surface area contributed by atoms with Crippen LogP contribution in [0.3, 0.4) is 0 Å². The van der Waals surface area contributed by atoms with Crippen LogP contribution in [0.2, 0.25) is 0 Å². The summed E-state index contributed by atoms with van der Waals surface area (Å²) in [6, 6.07) is 0.